The second-order valence-electron chi connectivity index (χ2n) is 3.68. The first-order valence-electron chi connectivity index (χ1n) is 5.46. The topological polar surface area (TPSA) is 38.3 Å². The van der Waals surface area contributed by atoms with Crippen LogP contribution in [0.25, 0.3) is 0 Å². The summed E-state index contributed by atoms with van der Waals surface area (Å²) in [7, 11) is 1.38. The number of ether oxygens (including phenoxy) is 1. The van der Waals surface area contributed by atoms with Crippen LogP contribution < -0.4 is 5.32 Å². The summed E-state index contributed by atoms with van der Waals surface area (Å²) in [5, 5.41) is 4.67. The Morgan fingerprint density at radius 2 is 1.94 bits per heavy atom. The van der Waals surface area contributed by atoms with Gasteiger partial charge in [0, 0.05) is 23.6 Å². The fourth-order valence-electron chi connectivity index (χ4n) is 1.40. The average Bonchev–Trinajstić information content (AvgIpc) is 2.37. The molecule has 0 aliphatic rings. The second-order valence-corrected chi connectivity index (χ2v) is 4.87. The highest BCUT2D eigenvalue weighted by Crippen LogP contribution is 2.31. The van der Waals surface area contributed by atoms with Crippen LogP contribution in [0.1, 0.15) is 18.4 Å². The molecule has 0 aliphatic heterocycles. The Balaban J connectivity index is 2.40. The molecule has 18 heavy (non-hydrogen) atoms. The number of carbonyl (C=O) groups excluding carboxylic acids is 1. The first-order valence-corrected chi connectivity index (χ1v) is 6.59. The summed E-state index contributed by atoms with van der Waals surface area (Å²) < 4.78 is 4.54. The number of hydrogen-bond donors (Lipinski definition) is 1. The van der Waals surface area contributed by atoms with Gasteiger partial charge in [0.2, 0.25) is 0 Å². The van der Waals surface area contributed by atoms with Crippen molar-refractivity contribution in [3.05, 3.63) is 32.8 Å². The van der Waals surface area contributed by atoms with Crippen LogP contribution in [0.15, 0.2) is 12.1 Å². The zero-order valence-electron chi connectivity index (χ0n) is 9.93. The van der Waals surface area contributed by atoms with E-state index in [0.717, 1.165) is 5.56 Å². The third kappa shape index (κ3) is 4.65. The number of rotatable bonds is 6. The Bertz CT molecular complexity index is 424. The largest absolute Gasteiger partial charge is 0.469 e. The van der Waals surface area contributed by atoms with Crippen LogP contribution in [0.3, 0.4) is 0 Å². The lowest BCUT2D eigenvalue weighted by Gasteiger charge is -2.09. The molecule has 0 unspecified atom stereocenters. The zero-order chi connectivity index (χ0) is 13.5. The average molecular weight is 311 g/mol. The molecule has 0 heterocycles. The molecule has 1 aromatic rings. The van der Waals surface area contributed by atoms with Gasteiger partial charge in [0.15, 0.2) is 0 Å². The summed E-state index contributed by atoms with van der Waals surface area (Å²) in [6, 6.07) is 3.37. The fourth-order valence-corrected chi connectivity index (χ4v) is 2.09. The van der Waals surface area contributed by atoms with Gasteiger partial charge in [-0.3, -0.25) is 4.79 Å². The Hall–Kier alpha value is -0.480. The van der Waals surface area contributed by atoms with Gasteiger partial charge in [-0.05, 0) is 25.1 Å². The van der Waals surface area contributed by atoms with Crippen molar-refractivity contribution in [2.45, 2.75) is 19.4 Å². The van der Waals surface area contributed by atoms with Gasteiger partial charge in [-0.15, -0.1) is 0 Å². The van der Waals surface area contributed by atoms with E-state index in [1.807, 2.05) is 0 Å². The third-order valence-corrected chi connectivity index (χ3v) is 3.60. The summed E-state index contributed by atoms with van der Waals surface area (Å²) in [5.41, 5.74) is 0.768. The number of carbonyl (C=O) groups is 1. The van der Waals surface area contributed by atoms with Gasteiger partial charge in [0.25, 0.3) is 0 Å². The van der Waals surface area contributed by atoms with Gasteiger partial charge in [0.1, 0.15) is 0 Å². The number of hydrogen-bond acceptors (Lipinski definition) is 3. The van der Waals surface area contributed by atoms with Gasteiger partial charge >= 0.3 is 5.97 Å². The van der Waals surface area contributed by atoms with E-state index in [-0.39, 0.29) is 5.97 Å². The molecule has 100 valence electrons. The standard InChI is InChI=1S/C12H14Cl3NO2/c1-18-11(17)3-2-6-16-7-8-9(13)4-5-10(14)12(8)15/h4-5,16H,2-3,6-7H2,1H3. The highest BCUT2D eigenvalue weighted by atomic mass is 35.5. The number of esters is 1. The van der Waals surface area contributed by atoms with Gasteiger partial charge in [-0.2, -0.15) is 0 Å². The predicted octanol–water partition coefficient (Wildman–Crippen LogP) is 3.69. The quantitative estimate of drug-likeness (QED) is 0.495. The SMILES string of the molecule is COC(=O)CCCNCc1c(Cl)ccc(Cl)c1Cl. The van der Waals surface area contributed by atoms with Crippen molar-refractivity contribution in [2.24, 2.45) is 0 Å². The summed E-state index contributed by atoms with van der Waals surface area (Å²) in [6.45, 7) is 1.19. The second kappa shape index (κ2) is 7.85. The molecule has 0 fully saturated rings. The maximum absolute atomic E-state index is 10.9. The van der Waals surface area contributed by atoms with Crippen LogP contribution in [0, 0.1) is 0 Å². The van der Waals surface area contributed by atoms with Crippen molar-refractivity contribution in [1.29, 1.82) is 0 Å². The minimum Gasteiger partial charge on any atom is -0.469 e. The lowest BCUT2D eigenvalue weighted by molar-refractivity contribution is -0.140. The van der Waals surface area contributed by atoms with Crippen molar-refractivity contribution in [3.63, 3.8) is 0 Å². The summed E-state index contributed by atoms with van der Waals surface area (Å²) in [4.78, 5) is 10.9. The molecular formula is C12H14Cl3NO2. The molecule has 0 saturated carbocycles. The minimum atomic E-state index is -0.212. The number of benzene rings is 1. The van der Waals surface area contributed by atoms with Crippen LogP contribution in [-0.2, 0) is 16.1 Å². The summed E-state index contributed by atoms with van der Waals surface area (Å²) in [5.74, 6) is -0.212. The lowest BCUT2D eigenvalue weighted by atomic mass is 10.2. The molecule has 0 amide bonds. The monoisotopic (exact) mass is 309 g/mol. The molecule has 0 radical (unpaired) electrons. The van der Waals surface area contributed by atoms with E-state index in [0.29, 0.717) is 41.0 Å². The number of halogens is 3. The predicted molar refractivity (Wildman–Crippen MR) is 74.4 cm³/mol. The highest BCUT2D eigenvalue weighted by molar-refractivity contribution is 6.44. The minimum absolute atomic E-state index is 0.212. The molecule has 0 saturated heterocycles. The van der Waals surface area contributed by atoms with E-state index >= 15 is 0 Å². The molecule has 1 N–H and O–H groups in total. The van der Waals surface area contributed by atoms with E-state index in [2.05, 4.69) is 10.1 Å². The molecule has 0 spiro atoms. The number of methoxy groups -OCH3 is 1. The molecular weight excluding hydrogens is 296 g/mol. The van der Waals surface area contributed by atoms with Crippen molar-refractivity contribution in [1.82, 2.24) is 5.32 Å². The van der Waals surface area contributed by atoms with E-state index in [4.69, 9.17) is 34.8 Å². The Kier molecular flexibility index (Phi) is 6.79. The van der Waals surface area contributed by atoms with Crippen LogP contribution in [0.2, 0.25) is 15.1 Å². The van der Waals surface area contributed by atoms with Crippen LogP contribution in [0.5, 0.6) is 0 Å². The molecule has 0 aliphatic carbocycles. The Morgan fingerprint density at radius 3 is 2.61 bits per heavy atom. The van der Waals surface area contributed by atoms with E-state index in [9.17, 15) is 4.79 Å². The van der Waals surface area contributed by atoms with Crippen LogP contribution in [0.4, 0.5) is 0 Å². The molecule has 1 rings (SSSR count). The number of nitrogens with one attached hydrogen (secondary N) is 1. The van der Waals surface area contributed by atoms with Crippen LogP contribution >= 0.6 is 34.8 Å². The van der Waals surface area contributed by atoms with Gasteiger partial charge in [0.05, 0.1) is 17.2 Å². The first-order chi connectivity index (χ1) is 8.56. The first kappa shape index (κ1) is 15.6. The van der Waals surface area contributed by atoms with E-state index < -0.39 is 0 Å². The molecule has 0 atom stereocenters. The van der Waals surface area contributed by atoms with Crippen molar-refractivity contribution in [3.8, 4) is 0 Å². The van der Waals surface area contributed by atoms with Gasteiger partial charge < -0.3 is 10.1 Å². The Morgan fingerprint density at radius 1 is 1.28 bits per heavy atom. The molecule has 0 aromatic heterocycles. The maximum Gasteiger partial charge on any atom is 0.305 e. The zero-order valence-corrected chi connectivity index (χ0v) is 12.2. The lowest BCUT2D eigenvalue weighted by Crippen LogP contribution is -2.16. The summed E-state index contributed by atoms with van der Waals surface area (Å²) in [6.07, 6.45) is 1.09. The normalized spacial score (nSPS) is 10.4. The van der Waals surface area contributed by atoms with Gasteiger partial charge in [-0.1, -0.05) is 34.8 Å². The van der Waals surface area contributed by atoms with Crippen LogP contribution in [-0.4, -0.2) is 19.6 Å². The molecule has 0 bridgehead atoms. The smallest absolute Gasteiger partial charge is 0.305 e. The van der Waals surface area contributed by atoms with Crippen molar-refractivity contribution < 1.29 is 9.53 Å². The van der Waals surface area contributed by atoms with E-state index in [1.165, 1.54) is 7.11 Å². The van der Waals surface area contributed by atoms with Gasteiger partial charge in [-0.25, -0.2) is 0 Å². The Labute approximate surface area is 121 Å². The summed E-state index contributed by atoms with van der Waals surface area (Å²) >= 11 is 18.0. The van der Waals surface area contributed by atoms with Crippen molar-refractivity contribution >= 4 is 40.8 Å². The molecule has 6 heteroatoms. The highest BCUT2D eigenvalue weighted by Gasteiger charge is 2.09. The van der Waals surface area contributed by atoms with E-state index in [1.54, 1.807) is 12.1 Å². The fraction of sp³-hybridized carbons (Fsp3) is 0.417. The molecule has 1 aromatic carbocycles. The molecule has 3 nitrogen and oxygen atoms in total. The van der Waals surface area contributed by atoms with Crippen molar-refractivity contribution in [2.75, 3.05) is 13.7 Å². The third-order valence-electron chi connectivity index (χ3n) is 2.40. The maximum atomic E-state index is 10.9.